The lowest BCUT2D eigenvalue weighted by Gasteiger charge is -2.46. The summed E-state index contributed by atoms with van der Waals surface area (Å²) in [5.74, 6) is 0.438. The Morgan fingerprint density at radius 1 is 1.07 bits per heavy atom. The molecule has 0 spiro atoms. The second-order valence-corrected chi connectivity index (χ2v) is 12.3. The number of rotatable bonds is 10. The van der Waals surface area contributed by atoms with Crippen molar-refractivity contribution in [2.75, 3.05) is 32.5 Å². The van der Waals surface area contributed by atoms with Gasteiger partial charge in [-0.3, -0.25) is 14.6 Å². The van der Waals surface area contributed by atoms with Crippen LogP contribution in [-0.4, -0.2) is 81.6 Å². The average molecular weight is 628 g/mol. The minimum Gasteiger partial charge on any atom is -0.497 e. The van der Waals surface area contributed by atoms with E-state index in [-0.39, 0.29) is 30.9 Å². The average Bonchev–Trinajstić information content (AvgIpc) is 3.60. The van der Waals surface area contributed by atoms with E-state index in [2.05, 4.69) is 10.3 Å². The maximum atomic E-state index is 14.2. The van der Waals surface area contributed by atoms with E-state index in [1.54, 1.807) is 21.9 Å². The fourth-order valence-electron chi connectivity index (χ4n) is 6.15. The van der Waals surface area contributed by atoms with Gasteiger partial charge in [0.1, 0.15) is 18.0 Å². The second-order valence-electron chi connectivity index (χ2n) is 11.2. The van der Waals surface area contributed by atoms with Gasteiger partial charge in [0.25, 0.3) is 0 Å². The van der Waals surface area contributed by atoms with Gasteiger partial charge >= 0.3 is 6.03 Å². The molecule has 1 unspecified atom stereocenters. The molecule has 2 aliphatic heterocycles. The van der Waals surface area contributed by atoms with Crippen molar-refractivity contribution in [3.63, 3.8) is 0 Å². The van der Waals surface area contributed by atoms with Crippen molar-refractivity contribution in [2.24, 2.45) is 0 Å². The number of nitrogens with two attached hydrogens (primary N) is 1. The topological polar surface area (TPSA) is 124 Å². The van der Waals surface area contributed by atoms with Crippen molar-refractivity contribution in [3.8, 4) is 5.75 Å². The van der Waals surface area contributed by atoms with Crippen molar-refractivity contribution in [1.82, 2.24) is 30.1 Å². The highest BCUT2D eigenvalue weighted by Gasteiger charge is 2.52. The number of piperazine rings is 1. The number of ether oxygens (including phenoxy) is 1. The third kappa shape index (κ3) is 6.29. The molecule has 2 aliphatic rings. The third-order valence-electron chi connectivity index (χ3n) is 8.30. The Hall–Kier alpha value is -4.68. The van der Waals surface area contributed by atoms with Crippen LogP contribution in [0, 0.1) is 0 Å². The van der Waals surface area contributed by atoms with Gasteiger partial charge in [0.2, 0.25) is 11.8 Å². The predicted molar refractivity (Wildman–Crippen MR) is 173 cm³/mol. The maximum Gasteiger partial charge on any atom is 0.332 e. The quantitative estimate of drug-likeness (QED) is 0.274. The minimum atomic E-state index is -0.714. The molecule has 3 aromatic carbocycles. The van der Waals surface area contributed by atoms with Gasteiger partial charge in [0.05, 0.1) is 30.4 Å². The number of urea groups is 1. The summed E-state index contributed by atoms with van der Waals surface area (Å²) in [6.07, 6.45) is 0.552. The molecule has 1 aromatic heterocycles. The molecule has 2 fully saturated rings. The normalized spacial score (nSPS) is 18.4. The highest BCUT2D eigenvalue weighted by atomic mass is 32.1. The van der Waals surface area contributed by atoms with Crippen LogP contribution in [0.4, 0.5) is 9.93 Å². The van der Waals surface area contributed by atoms with Gasteiger partial charge in [-0.1, -0.05) is 72.9 Å². The number of fused-ring (bicyclic) bond motifs is 2. The first kappa shape index (κ1) is 30.4. The number of benzene rings is 3. The Morgan fingerprint density at radius 3 is 2.58 bits per heavy atom. The number of para-hydroxylation sites is 1. The molecule has 11 nitrogen and oxygen atoms in total. The fraction of sp³-hybridized carbons (Fsp3) is 0.333. The summed E-state index contributed by atoms with van der Waals surface area (Å²) < 4.78 is 6.20. The van der Waals surface area contributed by atoms with E-state index in [0.717, 1.165) is 32.7 Å². The Labute approximate surface area is 266 Å². The second kappa shape index (κ2) is 13.1. The number of nitrogens with one attached hydrogen (secondary N) is 1. The summed E-state index contributed by atoms with van der Waals surface area (Å²) >= 11 is 1.41. The van der Waals surface area contributed by atoms with Gasteiger partial charge in [-0.05, 0) is 41.3 Å². The van der Waals surface area contributed by atoms with Crippen molar-refractivity contribution in [3.05, 3.63) is 89.5 Å². The first-order chi connectivity index (χ1) is 21.9. The zero-order valence-electron chi connectivity index (χ0n) is 25.4. The first-order valence-electron chi connectivity index (χ1n) is 15.1. The summed E-state index contributed by atoms with van der Waals surface area (Å²) in [4.78, 5) is 49.6. The number of nitrogen functional groups attached to an aromatic ring is 1. The number of hydrogen-bond donors (Lipinski definition) is 2. The predicted octanol–water partition coefficient (Wildman–Crippen LogP) is 3.85. The van der Waals surface area contributed by atoms with Crippen LogP contribution in [0.5, 0.6) is 5.75 Å². The van der Waals surface area contributed by atoms with Crippen LogP contribution in [0.2, 0.25) is 0 Å². The summed E-state index contributed by atoms with van der Waals surface area (Å²) in [6.45, 7) is 3.30. The van der Waals surface area contributed by atoms with Gasteiger partial charge in [-0.15, -0.1) is 0 Å². The van der Waals surface area contributed by atoms with E-state index < -0.39 is 12.2 Å². The standard InChI is InChI=1S/C33H37N7O4S/c1-3-16-38(33(43)35-18-23-12-14-25(44-2)15-13-23)39-21-29(41)40-26(17-22-8-5-4-6-9-22)31(42)37(20-28(39)40)19-24-10-7-11-27-30(24)36-32(34)45-27/h4-15,26,28H,3,16-21H2,1-2H3,(H2,34,36)(H,35,43)/t26-,28?/m0/s1. The van der Waals surface area contributed by atoms with Crippen molar-refractivity contribution < 1.29 is 19.1 Å². The van der Waals surface area contributed by atoms with Gasteiger partial charge in [0.15, 0.2) is 5.13 Å². The van der Waals surface area contributed by atoms with Gasteiger partial charge in [0, 0.05) is 26.1 Å². The molecule has 4 amide bonds. The summed E-state index contributed by atoms with van der Waals surface area (Å²) in [6, 6.07) is 22.1. The van der Waals surface area contributed by atoms with E-state index in [4.69, 9.17) is 10.5 Å². The highest BCUT2D eigenvalue weighted by molar-refractivity contribution is 7.22. The van der Waals surface area contributed by atoms with E-state index in [1.165, 1.54) is 11.3 Å². The molecular weight excluding hydrogens is 590 g/mol. The van der Waals surface area contributed by atoms with Gasteiger partial charge in [-0.25, -0.2) is 9.78 Å². The van der Waals surface area contributed by atoms with Crippen LogP contribution in [0.3, 0.4) is 0 Å². The molecule has 3 N–H and O–H groups in total. The lowest BCUT2D eigenvalue weighted by molar-refractivity contribution is -0.157. The minimum absolute atomic E-state index is 0.00519. The SMILES string of the molecule is CCCN(C(=O)NCc1ccc(OC)cc1)N1CC(=O)N2C1CN(Cc1cccc3sc(N)nc13)C(=O)[C@@H]2Cc1ccccc1. The Kier molecular flexibility index (Phi) is 8.85. The molecule has 3 heterocycles. The fourth-order valence-corrected chi connectivity index (χ4v) is 6.94. The van der Waals surface area contributed by atoms with E-state index in [1.807, 2.05) is 84.7 Å². The van der Waals surface area contributed by atoms with Crippen LogP contribution in [0.1, 0.15) is 30.0 Å². The third-order valence-corrected chi connectivity index (χ3v) is 9.15. The summed E-state index contributed by atoms with van der Waals surface area (Å²) in [7, 11) is 1.61. The molecule has 0 bridgehead atoms. The Bertz CT molecular complexity index is 1680. The molecule has 0 aliphatic carbocycles. The number of carbonyl (C=O) groups is 3. The number of nitrogens with zero attached hydrogens (tertiary/aromatic N) is 5. The number of aromatic nitrogens is 1. The molecule has 0 radical (unpaired) electrons. The van der Waals surface area contributed by atoms with E-state index in [9.17, 15) is 14.4 Å². The van der Waals surface area contributed by atoms with E-state index >= 15 is 0 Å². The number of methoxy groups -OCH3 is 1. The lowest BCUT2D eigenvalue weighted by atomic mass is 10.00. The largest absolute Gasteiger partial charge is 0.497 e. The molecule has 2 saturated heterocycles. The van der Waals surface area contributed by atoms with Crippen LogP contribution in [0.15, 0.2) is 72.8 Å². The molecule has 2 atom stereocenters. The molecular formula is C33H37N7O4S. The number of carbonyl (C=O) groups excluding carboxylic acids is 3. The van der Waals surface area contributed by atoms with E-state index in [0.29, 0.717) is 37.6 Å². The van der Waals surface area contributed by atoms with Crippen molar-refractivity contribution in [1.29, 1.82) is 0 Å². The number of amides is 4. The van der Waals surface area contributed by atoms with Gasteiger partial charge < -0.3 is 25.6 Å². The molecule has 6 rings (SSSR count). The van der Waals surface area contributed by atoms with Crippen molar-refractivity contribution in [2.45, 2.75) is 45.1 Å². The van der Waals surface area contributed by atoms with Crippen LogP contribution in [0.25, 0.3) is 10.2 Å². The van der Waals surface area contributed by atoms with Crippen molar-refractivity contribution >= 4 is 44.5 Å². The Morgan fingerprint density at radius 2 is 1.84 bits per heavy atom. The monoisotopic (exact) mass is 627 g/mol. The summed E-state index contributed by atoms with van der Waals surface area (Å²) in [5, 5.41) is 6.94. The highest BCUT2D eigenvalue weighted by Crippen LogP contribution is 2.32. The lowest BCUT2D eigenvalue weighted by Crippen LogP contribution is -2.66. The van der Waals surface area contributed by atoms with Crippen LogP contribution >= 0.6 is 11.3 Å². The zero-order valence-corrected chi connectivity index (χ0v) is 26.2. The first-order valence-corrected chi connectivity index (χ1v) is 15.9. The molecule has 234 valence electrons. The molecule has 45 heavy (non-hydrogen) atoms. The number of hydrogen-bond acceptors (Lipinski definition) is 8. The molecule has 0 saturated carbocycles. The number of hydrazine groups is 1. The molecule has 4 aromatic rings. The number of thiazole rings is 1. The van der Waals surface area contributed by atoms with Gasteiger partial charge in [-0.2, -0.15) is 5.01 Å². The number of anilines is 1. The van der Waals surface area contributed by atoms with Crippen LogP contribution in [-0.2, 0) is 29.1 Å². The zero-order chi connectivity index (χ0) is 31.5. The van der Waals surface area contributed by atoms with Crippen LogP contribution < -0.4 is 15.8 Å². The maximum absolute atomic E-state index is 14.2. The summed E-state index contributed by atoms with van der Waals surface area (Å²) in [5.41, 5.74) is 9.57. The molecule has 12 heteroatoms. The smallest absolute Gasteiger partial charge is 0.332 e. The Balaban J connectivity index is 1.29.